The first-order chi connectivity index (χ1) is 13.0. The summed E-state index contributed by atoms with van der Waals surface area (Å²) in [4.78, 5) is 12.7. The molecule has 29 heavy (non-hydrogen) atoms. The Balaban J connectivity index is 0.00000150. The lowest BCUT2D eigenvalue weighted by atomic mass is 9.77. The first-order valence-corrected chi connectivity index (χ1v) is 9.81. The van der Waals surface area contributed by atoms with Crippen molar-refractivity contribution in [3.05, 3.63) is 47.3 Å². The summed E-state index contributed by atoms with van der Waals surface area (Å²) >= 11 is 0. The maximum Gasteiger partial charge on any atom is 0.224 e. The Hall–Kier alpha value is -1.60. The summed E-state index contributed by atoms with van der Waals surface area (Å²) in [5.41, 5.74) is 3.81. The molecule has 4 atom stereocenters. The number of nitrogens with one attached hydrogen (secondary N) is 2. The van der Waals surface area contributed by atoms with Gasteiger partial charge in [0.1, 0.15) is 0 Å². The Bertz CT molecular complexity index is 828. The van der Waals surface area contributed by atoms with Crippen molar-refractivity contribution >= 4 is 30.7 Å². The van der Waals surface area contributed by atoms with Crippen LogP contribution in [0.15, 0.2) is 30.3 Å². The molecule has 160 valence electrons. The number of carbonyl (C=O) groups is 1. The molecule has 3 N–H and O–H groups in total. The van der Waals surface area contributed by atoms with E-state index in [0.717, 1.165) is 48.6 Å². The van der Waals surface area contributed by atoms with Gasteiger partial charge in [0.05, 0.1) is 29.9 Å². The molecule has 4 rings (SSSR count). The van der Waals surface area contributed by atoms with Gasteiger partial charge in [-0.05, 0) is 63.7 Å². The number of aliphatic hydroxyl groups excluding tert-OH is 1. The molecule has 2 aliphatic rings. The van der Waals surface area contributed by atoms with Crippen LogP contribution in [0.3, 0.4) is 0 Å². The van der Waals surface area contributed by atoms with Gasteiger partial charge in [0.2, 0.25) is 5.91 Å². The van der Waals surface area contributed by atoms with E-state index in [1.54, 1.807) is 0 Å². The molecule has 0 radical (unpaired) electrons. The van der Waals surface area contributed by atoms with Crippen LogP contribution in [0.25, 0.3) is 5.69 Å². The Labute approximate surface area is 184 Å². The van der Waals surface area contributed by atoms with Crippen molar-refractivity contribution in [3.8, 4) is 5.69 Å². The number of hydrogen-bond donors (Lipinski definition) is 3. The second-order valence-electron chi connectivity index (χ2n) is 7.96. The molecule has 1 saturated carbocycles. The van der Waals surface area contributed by atoms with Crippen LogP contribution < -0.4 is 10.6 Å². The van der Waals surface area contributed by atoms with Crippen molar-refractivity contribution < 1.29 is 9.90 Å². The number of nitrogens with zero attached hydrogens (tertiary/aromatic N) is 2. The molecule has 0 unspecified atom stereocenters. The van der Waals surface area contributed by atoms with Gasteiger partial charge < -0.3 is 15.7 Å². The second kappa shape index (κ2) is 9.94. The maximum absolute atomic E-state index is 12.7. The molecule has 2 fully saturated rings. The third kappa shape index (κ3) is 4.94. The van der Waals surface area contributed by atoms with Crippen LogP contribution in [-0.2, 0) is 11.2 Å². The van der Waals surface area contributed by atoms with Gasteiger partial charge in [0.15, 0.2) is 0 Å². The van der Waals surface area contributed by atoms with Crippen LogP contribution in [0.2, 0.25) is 0 Å². The fourth-order valence-electron chi connectivity index (χ4n) is 4.62. The number of benzene rings is 1. The Morgan fingerprint density at radius 2 is 1.83 bits per heavy atom. The number of aromatic nitrogens is 2. The van der Waals surface area contributed by atoms with Crippen molar-refractivity contribution in [1.29, 1.82) is 0 Å². The van der Waals surface area contributed by atoms with Crippen LogP contribution in [0, 0.1) is 25.7 Å². The predicted octanol–water partition coefficient (Wildman–Crippen LogP) is 2.35. The minimum absolute atomic E-state index is 0. The average molecular weight is 441 g/mol. The number of amides is 1. The molecule has 1 amide bonds. The fraction of sp³-hybridized carbons (Fsp3) is 0.524. The van der Waals surface area contributed by atoms with E-state index in [4.69, 9.17) is 0 Å². The van der Waals surface area contributed by atoms with Crippen molar-refractivity contribution in [2.75, 3.05) is 13.1 Å². The molecule has 0 bridgehead atoms. The minimum Gasteiger partial charge on any atom is -0.391 e. The van der Waals surface area contributed by atoms with Gasteiger partial charge in [-0.3, -0.25) is 4.79 Å². The number of aliphatic hydroxyl groups is 1. The van der Waals surface area contributed by atoms with E-state index < -0.39 is 6.10 Å². The molecule has 1 aliphatic carbocycles. The molecule has 8 heteroatoms. The number of hydrogen-bond acceptors (Lipinski definition) is 4. The monoisotopic (exact) mass is 440 g/mol. The summed E-state index contributed by atoms with van der Waals surface area (Å²) < 4.78 is 1.89. The number of rotatable bonds is 4. The van der Waals surface area contributed by atoms with Crippen LogP contribution in [0.1, 0.15) is 29.8 Å². The summed E-state index contributed by atoms with van der Waals surface area (Å²) in [6, 6.07) is 9.80. The first-order valence-electron chi connectivity index (χ1n) is 9.81. The van der Waals surface area contributed by atoms with Crippen molar-refractivity contribution in [2.45, 2.75) is 45.3 Å². The molecule has 1 aromatic carbocycles. The van der Waals surface area contributed by atoms with Crippen LogP contribution in [0.4, 0.5) is 0 Å². The lowest BCUT2D eigenvalue weighted by molar-refractivity contribution is -0.122. The van der Waals surface area contributed by atoms with Crippen molar-refractivity contribution in [3.63, 3.8) is 0 Å². The highest BCUT2D eigenvalue weighted by Crippen LogP contribution is 2.33. The SMILES string of the molecule is Cc1nn(-c2ccccc2)c(C)c1CC(=O)N[C@H]1C[C@H]2CNC[C@H]2C[C@@H]1O.Cl.Cl. The van der Waals surface area contributed by atoms with Gasteiger partial charge >= 0.3 is 0 Å². The molecule has 1 saturated heterocycles. The number of carbonyl (C=O) groups excluding carboxylic acids is 1. The number of aryl methyl sites for hydroxylation is 1. The van der Waals surface area contributed by atoms with Gasteiger partial charge in [-0.1, -0.05) is 18.2 Å². The van der Waals surface area contributed by atoms with Crippen molar-refractivity contribution in [2.24, 2.45) is 11.8 Å². The number of para-hydroxylation sites is 1. The topological polar surface area (TPSA) is 79.2 Å². The van der Waals surface area contributed by atoms with Gasteiger partial charge in [-0.2, -0.15) is 5.10 Å². The summed E-state index contributed by atoms with van der Waals surface area (Å²) in [6.45, 7) is 5.92. The third-order valence-electron chi connectivity index (χ3n) is 6.17. The average Bonchev–Trinajstić information content (AvgIpc) is 3.21. The second-order valence-corrected chi connectivity index (χ2v) is 7.96. The lowest BCUT2D eigenvalue weighted by Crippen LogP contribution is -2.49. The largest absolute Gasteiger partial charge is 0.391 e. The van der Waals surface area contributed by atoms with Gasteiger partial charge in [0, 0.05) is 11.3 Å². The molecule has 1 aliphatic heterocycles. The van der Waals surface area contributed by atoms with E-state index in [1.807, 2.05) is 48.9 Å². The zero-order valence-electron chi connectivity index (χ0n) is 16.8. The Kier molecular flexibility index (Phi) is 8.11. The number of halogens is 2. The maximum atomic E-state index is 12.7. The van der Waals surface area contributed by atoms with E-state index in [2.05, 4.69) is 15.7 Å². The lowest BCUT2D eigenvalue weighted by Gasteiger charge is -2.35. The van der Waals surface area contributed by atoms with Crippen molar-refractivity contribution in [1.82, 2.24) is 20.4 Å². The van der Waals surface area contributed by atoms with E-state index in [1.165, 1.54) is 0 Å². The summed E-state index contributed by atoms with van der Waals surface area (Å²) in [7, 11) is 0. The highest BCUT2D eigenvalue weighted by molar-refractivity contribution is 5.85. The quantitative estimate of drug-likeness (QED) is 0.681. The molecule has 0 spiro atoms. The molecule has 2 aromatic rings. The van der Waals surface area contributed by atoms with Gasteiger partial charge in [-0.25, -0.2) is 4.68 Å². The predicted molar refractivity (Wildman–Crippen MR) is 118 cm³/mol. The smallest absolute Gasteiger partial charge is 0.224 e. The zero-order valence-corrected chi connectivity index (χ0v) is 18.4. The normalized spacial score (nSPS) is 25.5. The van der Waals surface area contributed by atoms with E-state index in [9.17, 15) is 9.90 Å². The Morgan fingerprint density at radius 3 is 2.52 bits per heavy atom. The van der Waals surface area contributed by atoms with Crippen LogP contribution in [0.5, 0.6) is 0 Å². The summed E-state index contributed by atoms with van der Waals surface area (Å²) in [5, 5.41) is 21.5. The highest BCUT2D eigenvalue weighted by Gasteiger charge is 2.39. The first kappa shape index (κ1) is 23.7. The van der Waals surface area contributed by atoms with E-state index in [-0.39, 0.29) is 36.8 Å². The molecule has 6 nitrogen and oxygen atoms in total. The standard InChI is InChI=1S/C21H28N4O2.2ClH/c1-13-18(14(2)25(24-13)17-6-4-3-5-7-17)10-21(27)23-19-8-15-11-22-12-16(15)9-20(19)26;;/h3-7,15-16,19-20,22,26H,8-12H2,1-2H3,(H,23,27);2*1H/t15-,16+,19-,20-;;/m0../s1. The van der Waals surface area contributed by atoms with E-state index in [0.29, 0.717) is 18.3 Å². The minimum atomic E-state index is -0.454. The summed E-state index contributed by atoms with van der Waals surface area (Å²) in [5.74, 6) is 1.06. The summed E-state index contributed by atoms with van der Waals surface area (Å²) in [6.07, 6.45) is 1.46. The number of fused-ring (bicyclic) bond motifs is 1. The molecular formula is C21H30Cl2N4O2. The zero-order chi connectivity index (χ0) is 19.0. The van der Waals surface area contributed by atoms with E-state index >= 15 is 0 Å². The third-order valence-corrected chi connectivity index (χ3v) is 6.17. The molecular weight excluding hydrogens is 411 g/mol. The van der Waals surface area contributed by atoms with Gasteiger partial charge in [0.25, 0.3) is 0 Å². The van der Waals surface area contributed by atoms with Crippen LogP contribution >= 0.6 is 24.8 Å². The Morgan fingerprint density at radius 1 is 1.17 bits per heavy atom. The molecule has 1 aromatic heterocycles. The highest BCUT2D eigenvalue weighted by atomic mass is 35.5. The van der Waals surface area contributed by atoms with Gasteiger partial charge in [-0.15, -0.1) is 24.8 Å². The van der Waals surface area contributed by atoms with Crippen LogP contribution in [-0.4, -0.2) is 46.0 Å². The fourth-order valence-corrected chi connectivity index (χ4v) is 4.62. The molecule has 2 heterocycles.